The third kappa shape index (κ3) is 4.06. The van der Waals surface area contributed by atoms with Gasteiger partial charge in [-0.3, -0.25) is 14.9 Å². The highest BCUT2D eigenvalue weighted by atomic mass is 35.5. The fraction of sp³-hybridized carbons (Fsp3) is 0.174. The van der Waals surface area contributed by atoms with Crippen molar-refractivity contribution < 1.29 is 4.79 Å². The zero-order valence-corrected chi connectivity index (χ0v) is 17.3. The number of rotatable bonds is 5. The standard InChI is InChI=1S/C23H21ClN4O2/c1-27-23(30)22(28-14-13-25-15-28)20(21(26-27)17-5-3-2-4-6-17)19(29)12-9-16-7-10-18(24)11-8-16/h2-12,25H,13-15H2,1H3/b12-9+. The Morgan fingerprint density at radius 1 is 1.13 bits per heavy atom. The molecule has 0 atom stereocenters. The molecule has 30 heavy (non-hydrogen) atoms. The largest absolute Gasteiger partial charge is 0.352 e. The van der Waals surface area contributed by atoms with Crippen molar-refractivity contribution in [3.05, 3.63) is 87.2 Å². The van der Waals surface area contributed by atoms with Crippen molar-refractivity contribution in [3.8, 4) is 11.3 Å². The molecular formula is C23H21ClN4O2. The number of ketones is 1. The lowest BCUT2D eigenvalue weighted by Crippen LogP contribution is -2.34. The first kappa shape index (κ1) is 20.1. The molecule has 0 bridgehead atoms. The number of nitrogens with zero attached hydrogens (tertiary/aromatic N) is 3. The lowest BCUT2D eigenvalue weighted by atomic mass is 10.00. The van der Waals surface area contributed by atoms with E-state index in [-0.39, 0.29) is 11.3 Å². The van der Waals surface area contributed by atoms with Crippen molar-refractivity contribution in [1.29, 1.82) is 0 Å². The van der Waals surface area contributed by atoms with Crippen molar-refractivity contribution in [2.75, 3.05) is 24.7 Å². The number of benzene rings is 2. The summed E-state index contributed by atoms with van der Waals surface area (Å²) in [7, 11) is 1.61. The van der Waals surface area contributed by atoms with Gasteiger partial charge in [0.1, 0.15) is 11.4 Å². The molecule has 0 aliphatic carbocycles. The molecule has 2 heterocycles. The minimum absolute atomic E-state index is 0.268. The maximum atomic E-state index is 13.4. The average Bonchev–Trinajstić information content (AvgIpc) is 3.29. The third-order valence-electron chi connectivity index (χ3n) is 4.99. The summed E-state index contributed by atoms with van der Waals surface area (Å²) in [6.07, 6.45) is 3.20. The maximum absolute atomic E-state index is 13.4. The zero-order chi connectivity index (χ0) is 21.1. The molecule has 7 heteroatoms. The van der Waals surface area contributed by atoms with Gasteiger partial charge in [0.2, 0.25) is 0 Å². The van der Waals surface area contributed by atoms with Crippen molar-refractivity contribution in [1.82, 2.24) is 15.1 Å². The van der Waals surface area contributed by atoms with E-state index in [1.54, 1.807) is 25.3 Å². The van der Waals surface area contributed by atoms with Crippen LogP contribution in [0.5, 0.6) is 0 Å². The highest BCUT2D eigenvalue weighted by Gasteiger charge is 2.27. The van der Waals surface area contributed by atoms with Gasteiger partial charge in [-0.1, -0.05) is 60.1 Å². The summed E-state index contributed by atoms with van der Waals surface area (Å²) in [6, 6.07) is 16.6. The van der Waals surface area contributed by atoms with Gasteiger partial charge in [0.25, 0.3) is 5.56 Å². The molecule has 6 nitrogen and oxygen atoms in total. The Kier molecular flexibility index (Phi) is 5.79. The lowest BCUT2D eigenvalue weighted by molar-refractivity contribution is 0.104. The molecule has 1 aliphatic rings. The monoisotopic (exact) mass is 420 g/mol. The number of anilines is 1. The van der Waals surface area contributed by atoms with Crippen LogP contribution in [-0.4, -0.2) is 35.3 Å². The maximum Gasteiger partial charge on any atom is 0.290 e. The topological polar surface area (TPSA) is 67.2 Å². The van der Waals surface area contributed by atoms with E-state index in [1.807, 2.05) is 47.4 Å². The summed E-state index contributed by atoms with van der Waals surface area (Å²) in [4.78, 5) is 28.3. The van der Waals surface area contributed by atoms with Gasteiger partial charge in [0, 0.05) is 30.7 Å². The minimum Gasteiger partial charge on any atom is -0.352 e. The smallest absolute Gasteiger partial charge is 0.290 e. The molecule has 0 saturated carbocycles. The molecule has 1 fully saturated rings. The molecule has 0 radical (unpaired) electrons. The van der Waals surface area contributed by atoms with Crippen LogP contribution in [0.3, 0.4) is 0 Å². The van der Waals surface area contributed by atoms with Crippen LogP contribution >= 0.6 is 11.6 Å². The normalized spacial score (nSPS) is 13.9. The van der Waals surface area contributed by atoms with Crippen LogP contribution in [0.25, 0.3) is 17.3 Å². The number of hydrogen-bond acceptors (Lipinski definition) is 5. The Labute approximate surface area is 179 Å². The second-order valence-electron chi connectivity index (χ2n) is 7.04. The fourth-order valence-electron chi connectivity index (χ4n) is 3.47. The number of hydrogen-bond donors (Lipinski definition) is 1. The van der Waals surface area contributed by atoms with E-state index in [1.165, 1.54) is 10.8 Å². The molecule has 0 amide bonds. The van der Waals surface area contributed by atoms with E-state index in [9.17, 15) is 9.59 Å². The van der Waals surface area contributed by atoms with Gasteiger partial charge in [-0.15, -0.1) is 0 Å². The Morgan fingerprint density at radius 3 is 2.53 bits per heavy atom. The van der Waals surface area contributed by atoms with Crippen LogP contribution in [0, 0.1) is 0 Å². The molecule has 0 spiro atoms. The lowest BCUT2D eigenvalue weighted by Gasteiger charge is -2.21. The first-order valence-electron chi connectivity index (χ1n) is 9.65. The van der Waals surface area contributed by atoms with Gasteiger partial charge in [0.05, 0.1) is 12.2 Å². The third-order valence-corrected chi connectivity index (χ3v) is 5.24. The molecule has 3 aromatic rings. The summed E-state index contributed by atoms with van der Waals surface area (Å²) in [5.41, 5.74) is 2.52. The average molecular weight is 421 g/mol. The molecule has 1 aliphatic heterocycles. The molecule has 1 aromatic heterocycles. The van der Waals surface area contributed by atoms with Crippen molar-refractivity contribution in [2.24, 2.45) is 7.05 Å². The van der Waals surface area contributed by atoms with Gasteiger partial charge in [0.15, 0.2) is 5.78 Å². The number of halogens is 1. The van der Waals surface area contributed by atoms with Gasteiger partial charge in [-0.2, -0.15) is 5.10 Å². The summed E-state index contributed by atoms with van der Waals surface area (Å²) < 4.78 is 1.30. The fourth-order valence-corrected chi connectivity index (χ4v) is 3.60. The molecule has 2 aromatic carbocycles. The summed E-state index contributed by atoms with van der Waals surface area (Å²) in [5, 5.41) is 8.30. The highest BCUT2D eigenvalue weighted by molar-refractivity contribution is 6.30. The van der Waals surface area contributed by atoms with E-state index < -0.39 is 0 Å². The van der Waals surface area contributed by atoms with E-state index >= 15 is 0 Å². The molecule has 4 rings (SSSR count). The number of carbonyl (C=O) groups is 1. The van der Waals surface area contributed by atoms with Gasteiger partial charge >= 0.3 is 0 Å². The summed E-state index contributed by atoms with van der Waals surface area (Å²) in [5.74, 6) is -0.268. The molecule has 1 saturated heterocycles. The van der Waals surface area contributed by atoms with Crippen molar-refractivity contribution in [3.63, 3.8) is 0 Å². The SMILES string of the molecule is Cn1nc(-c2ccccc2)c(C(=O)/C=C/c2ccc(Cl)cc2)c(N2CCNC2)c1=O. The molecule has 152 valence electrons. The number of allylic oxidation sites excluding steroid dienone is 1. The van der Waals surface area contributed by atoms with Crippen LogP contribution in [0.2, 0.25) is 5.02 Å². The molecule has 0 unspecified atom stereocenters. The first-order valence-corrected chi connectivity index (χ1v) is 10.0. The van der Waals surface area contributed by atoms with Crippen LogP contribution < -0.4 is 15.8 Å². The predicted octanol–water partition coefficient (Wildman–Crippen LogP) is 3.36. The van der Waals surface area contributed by atoms with Crippen LogP contribution in [0.15, 0.2) is 65.5 Å². The summed E-state index contributed by atoms with van der Waals surface area (Å²) >= 11 is 5.94. The second kappa shape index (κ2) is 8.65. The van der Waals surface area contributed by atoms with Crippen molar-refractivity contribution in [2.45, 2.75) is 0 Å². The van der Waals surface area contributed by atoms with Crippen LogP contribution in [0.1, 0.15) is 15.9 Å². The van der Waals surface area contributed by atoms with Gasteiger partial charge < -0.3 is 4.90 Å². The Morgan fingerprint density at radius 2 is 1.87 bits per heavy atom. The van der Waals surface area contributed by atoms with E-state index in [2.05, 4.69) is 10.4 Å². The zero-order valence-electron chi connectivity index (χ0n) is 16.5. The Balaban J connectivity index is 1.86. The quantitative estimate of drug-likeness (QED) is 0.506. The van der Waals surface area contributed by atoms with E-state index in [4.69, 9.17) is 11.6 Å². The number of nitrogens with one attached hydrogen (secondary N) is 1. The minimum atomic E-state index is -0.290. The van der Waals surface area contributed by atoms with Gasteiger partial charge in [-0.25, -0.2) is 4.68 Å². The van der Waals surface area contributed by atoms with Gasteiger partial charge in [-0.05, 0) is 23.8 Å². The Bertz CT molecular complexity index is 1150. The second-order valence-corrected chi connectivity index (χ2v) is 7.47. The van der Waals surface area contributed by atoms with E-state index in [0.717, 1.165) is 17.7 Å². The highest BCUT2D eigenvalue weighted by Crippen LogP contribution is 2.28. The van der Waals surface area contributed by atoms with Crippen LogP contribution in [0.4, 0.5) is 5.69 Å². The van der Waals surface area contributed by atoms with Crippen molar-refractivity contribution >= 4 is 29.1 Å². The van der Waals surface area contributed by atoms with Crippen LogP contribution in [-0.2, 0) is 7.05 Å². The molecule has 1 N–H and O–H groups in total. The predicted molar refractivity (Wildman–Crippen MR) is 120 cm³/mol. The number of carbonyl (C=O) groups excluding carboxylic acids is 1. The summed E-state index contributed by atoms with van der Waals surface area (Å²) in [6.45, 7) is 1.91. The first-order chi connectivity index (χ1) is 14.5. The number of aryl methyl sites for hydroxylation is 1. The Hall–Kier alpha value is -3.22. The van der Waals surface area contributed by atoms with E-state index in [0.29, 0.717) is 35.2 Å². The molecular weight excluding hydrogens is 400 g/mol. The number of aromatic nitrogens is 2.